The number of carbonyl (C=O) groups is 1. The van der Waals surface area contributed by atoms with Gasteiger partial charge in [-0.1, -0.05) is 31.6 Å². The summed E-state index contributed by atoms with van der Waals surface area (Å²) in [6.45, 7) is 3.98. The smallest absolute Gasteiger partial charge is 0.125 e. The van der Waals surface area contributed by atoms with E-state index in [1.807, 2.05) is 13.0 Å². The fourth-order valence-corrected chi connectivity index (χ4v) is 1.74. The summed E-state index contributed by atoms with van der Waals surface area (Å²) in [5.41, 5.74) is 2.59. The van der Waals surface area contributed by atoms with Gasteiger partial charge in [-0.3, -0.25) is 4.99 Å². The highest BCUT2D eigenvalue weighted by Crippen LogP contribution is 2.13. The fraction of sp³-hybridized carbons (Fsp3) is 0.375. The summed E-state index contributed by atoms with van der Waals surface area (Å²) in [4.78, 5) is 15.1. The molecule has 0 saturated heterocycles. The van der Waals surface area contributed by atoms with Crippen LogP contribution in [0.1, 0.15) is 45.1 Å². The zero-order valence-electron chi connectivity index (χ0n) is 11.5. The Kier molecular flexibility index (Phi) is 6.72. The number of rotatable bonds is 7. The molecule has 0 fully saturated rings. The first-order valence-corrected chi connectivity index (χ1v) is 6.63. The summed E-state index contributed by atoms with van der Waals surface area (Å²) in [5.74, 6) is -0.252. The van der Waals surface area contributed by atoms with E-state index in [9.17, 15) is 9.18 Å². The van der Waals surface area contributed by atoms with Crippen LogP contribution in [0.5, 0.6) is 0 Å². The van der Waals surface area contributed by atoms with Crippen molar-refractivity contribution >= 4 is 12.0 Å². The zero-order valence-corrected chi connectivity index (χ0v) is 11.5. The standard InChI is InChI=1S/C16H20FNO/c1-3-5-6-16(18-15(4-2)11-12-19)13-7-9-14(17)10-8-13/h4,7-10,12H,3,5-6,11H2,1-2H3/b15-4-,18-16+. The summed E-state index contributed by atoms with van der Waals surface area (Å²) in [6, 6.07) is 6.34. The van der Waals surface area contributed by atoms with Crippen LogP contribution < -0.4 is 0 Å². The Morgan fingerprint density at radius 1 is 1.32 bits per heavy atom. The zero-order chi connectivity index (χ0) is 14.1. The Morgan fingerprint density at radius 2 is 2.00 bits per heavy atom. The average molecular weight is 261 g/mol. The Bertz CT molecular complexity index is 460. The van der Waals surface area contributed by atoms with E-state index < -0.39 is 0 Å². The van der Waals surface area contributed by atoms with E-state index >= 15 is 0 Å². The number of hydrogen-bond donors (Lipinski definition) is 0. The van der Waals surface area contributed by atoms with Gasteiger partial charge in [0.05, 0.1) is 0 Å². The number of halogens is 1. The molecule has 3 heteroatoms. The molecular weight excluding hydrogens is 241 g/mol. The number of carbonyl (C=O) groups excluding carboxylic acids is 1. The van der Waals surface area contributed by atoms with Crippen molar-refractivity contribution in [3.8, 4) is 0 Å². The van der Waals surface area contributed by atoms with Crippen molar-refractivity contribution in [2.75, 3.05) is 0 Å². The molecule has 19 heavy (non-hydrogen) atoms. The normalized spacial score (nSPS) is 12.6. The minimum Gasteiger partial charge on any atom is -0.303 e. The lowest BCUT2D eigenvalue weighted by atomic mass is 10.0. The lowest BCUT2D eigenvalue weighted by molar-refractivity contribution is -0.107. The predicted octanol–water partition coefficient (Wildman–Crippen LogP) is 4.30. The van der Waals surface area contributed by atoms with Crippen molar-refractivity contribution in [2.45, 2.75) is 39.5 Å². The molecule has 0 aliphatic carbocycles. The summed E-state index contributed by atoms with van der Waals surface area (Å²) in [7, 11) is 0. The number of aldehydes is 1. The SMILES string of the molecule is C/C=C(CC=O)\N=C(/CCCC)c1ccc(F)cc1. The molecule has 0 bridgehead atoms. The highest BCUT2D eigenvalue weighted by Gasteiger charge is 2.05. The molecule has 0 unspecified atom stereocenters. The van der Waals surface area contributed by atoms with Crippen molar-refractivity contribution in [3.63, 3.8) is 0 Å². The third kappa shape index (κ3) is 5.16. The highest BCUT2D eigenvalue weighted by atomic mass is 19.1. The highest BCUT2D eigenvalue weighted by molar-refractivity contribution is 6.01. The van der Waals surface area contributed by atoms with E-state index in [0.29, 0.717) is 6.42 Å². The van der Waals surface area contributed by atoms with Gasteiger partial charge in [0.1, 0.15) is 12.1 Å². The van der Waals surface area contributed by atoms with Gasteiger partial charge < -0.3 is 4.79 Å². The van der Waals surface area contributed by atoms with E-state index in [1.54, 1.807) is 12.1 Å². The van der Waals surface area contributed by atoms with Gasteiger partial charge in [-0.25, -0.2) is 4.39 Å². The molecule has 102 valence electrons. The number of allylic oxidation sites excluding steroid dienone is 2. The van der Waals surface area contributed by atoms with Gasteiger partial charge in [-0.15, -0.1) is 0 Å². The summed E-state index contributed by atoms with van der Waals surface area (Å²) < 4.78 is 13.0. The molecule has 0 radical (unpaired) electrons. The lowest BCUT2D eigenvalue weighted by Gasteiger charge is -2.07. The maximum Gasteiger partial charge on any atom is 0.125 e. The number of unbranched alkanes of at least 4 members (excludes halogenated alkanes) is 1. The molecule has 0 N–H and O–H groups in total. The van der Waals surface area contributed by atoms with E-state index in [1.165, 1.54) is 12.1 Å². The molecule has 0 aliphatic heterocycles. The maximum atomic E-state index is 13.0. The molecule has 1 aromatic carbocycles. The molecule has 0 spiro atoms. The minimum absolute atomic E-state index is 0.252. The molecule has 0 heterocycles. The van der Waals surface area contributed by atoms with Crippen LogP contribution in [0.2, 0.25) is 0 Å². The van der Waals surface area contributed by atoms with Crippen molar-refractivity contribution in [1.82, 2.24) is 0 Å². The Labute approximate surface area is 114 Å². The molecule has 2 nitrogen and oxygen atoms in total. The van der Waals surface area contributed by atoms with Crippen LogP contribution in [0.3, 0.4) is 0 Å². The lowest BCUT2D eigenvalue weighted by Crippen LogP contribution is -2.02. The second-order valence-corrected chi connectivity index (χ2v) is 4.32. The molecular formula is C16H20FNO. The first-order chi connectivity index (χ1) is 9.21. The summed E-state index contributed by atoms with van der Waals surface area (Å²) in [6.07, 6.45) is 5.92. The van der Waals surface area contributed by atoms with Crippen molar-refractivity contribution < 1.29 is 9.18 Å². The quantitative estimate of drug-likeness (QED) is 0.531. The number of nitrogens with zero attached hydrogens (tertiary/aromatic N) is 1. The molecule has 0 aliphatic rings. The predicted molar refractivity (Wildman–Crippen MR) is 76.9 cm³/mol. The van der Waals surface area contributed by atoms with E-state index in [0.717, 1.165) is 42.5 Å². The van der Waals surface area contributed by atoms with Crippen LogP contribution in [0, 0.1) is 5.82 Å². The van der Waals surface area contributed by atoms with E-state index in [-0.39, 0.29) is 5.82 Å². The van der Waals surface area contributed by atoms with Crippen LogP contribution in [0.25, 0.3) is 0 Å². The van der Waals surface area contributed by atoms with Crippen molar-refractivity contribution in [3.05, 3.63) is 47.4 Å². The van der Waals surface area contributed by atoms with Gasteiger partial charge in [0.2, 0.25) is 0 Å². The van der Waals surface area contributed by atoms with Gasteiger partial charge >= 0.3 is 0 Å². The van der Waals surface area contributed by atoms with E-state index in [2.05, 4.69) is 11.9 Å². The van der Waals surface area contributed by atoms with Gasteiger partial charge in [0.15, 0.2) is 0 Å². The van der Waals surface area contributed by atoms with Crippen LogP contribution in [-0.4, -0.2) is 12.0 Å². The minimum atomic E-state index is -0.252. The summed E-state index contributed by atoms with van der Waals surface area (Å²) in [5, 5.41) is 0. The monoisotopic (exact) mass is 261 g/mol. The van der Waals surface area contributed by atoms with Crippen LogP contribution >= 0.6 is 0 Å². The maximum absolute atomic E-state index is 13.0. The van der Waals surface area contributed by atoms with Gasteiger partial charge in [-0.05, 0) is 37.5 Å². The Balaban J connectivity index is 3.02. The second kappa shape index (κ2) is 8.35. The van der Waals surface area contributed by atoms with Crippen molar-refractivity contribution in [2.24, 2.45) is 4.99 Å². The molecule has 0 saturated carbocycles. The Morgan fingerprint density at radius 3 is 2.53 bits per heavy atom. The Hall–Kier alpha value is -1.77. The third-order valence-corrected chi connectivity index (χ3v) is 2.85. The summed E-state index contributed by atoms with van der Waals surface area (Å²) >= 11 is 0. The van der Waals surface area contributed by atoms with Crippen LogP contribution in [0.4, 0.5) is 4.39 Å². The first kappa shape index (κ1) is 15.3. The van der Waals surface area contributed by atoms with Gasteiger partial charge in [0.25, 0.3) is 0 Å². The molecule has 0 amide bonds. The topological polar surface area (TPSA) is 29.4 Å². The number of benzene rings is 1. The van der Waals surface area contributed by atoms with Gasteiger partial charge in [-0.2, -0.15) is 0 Å². The number of aliphatic imine (C=N–C) groups is 1. The van der Waals surface area contributed by atoms with Crippen molar-refractivity contribution in [1.29, 1.82) is 0 Å². The largest absolute Gasteiger partial charge is 0.303 e. The average Bonchev–Trinajstić information content (AvgIpc) is 2.43. The fourth-order valence-electron chi connectivity index (χ4n) is 1.74. The molecule has 0 aromatic heterocycles. The third-order valence-electron chi connectivity index (χ3n) is 2.85. The van der Waals surface area contributed by atoms with Crippen LogP contribution in [0.15, 0.2) is 41.0 Å². The van der Waals surface area contributed by atoms with Crippen LogP contribution in [-0.2, 0) is 4.79 Å². The second-order valence-electron chi connectivity index (χ2n) is 4.32. The first-order valence-electron chi connectivity index (χ1n) is 6.63. The molecule has 1 rings (SSSR count). The van der Waals surface area contributed by atoms with Gasteiger partial charge in [0, 0.05) is 17.8 Å². The molecule has 1 aromatic rings. The van der Waals surface area contributed by atoms with E-state index in [4.69, 9.17) is 0 Å². The number of hydrogen-bond acceptors (Lipinski definition) is 2. The molecule has 0 atom stereocenters.